The molecule has 3 heteroatoms. The molecule has 2 nitrogen and oxygen atoms in total. The summed E-state index contributed by atoms with van der Waals surface area (Å²) in [4.78, 5) is 0. The van der Waals surface area contributed by atoms with E-state index in [1.807, 2.05) is 0 Å². The average Bonchev–Trinajstić information content (AvgIpc) is 1.37. The summed E-state index contributed by atoms with van der Waals surface area (Å²) >= 11 is -0.755. The third-order valence-electron chi connectivity index (χ3n) is 0.0962. The summed E-state index contributed by atoms with van der Waals surface area (Å²) in [6.45, 7) is 0. The van der Waals surface area contributed by atoms with Crippen LogP contribution in [0.4, 0.5) is 0 Å². The van der Waals surface area contributed by atoms with Gasteiger partial charge in [-0.3, -0.25) is 0 Å². The SMILES string of the molecule is C[O][Po][NH2]. The van der Waals surface area contributed by atoms with Gasteiger partial charge in [-0.05, 0) is 0 Å². The van der Waals surface area contributed by atoms with Crippen molar-refractivity contribution in [2.75, 3.05) is 7.11 Å². The molecule has 0 aromatic heterocycles. The first-order chi connectivity index (χ1) is 1.91. The molecule has 0 aliphatic rings. The second-order valence-corrected chi connectivity index (χ2v) is 2.31. The summed E-state index contributed by atoms with van der Waals surface area (Å²) in [7, 11) is 1.63. The molecule has 0 saturated heterocycles. The normalized spacial score (nSPS) is 7.50. The van der Waals surface area contributed by atoms with E-state index in [2.05, 4.69) is 2.77 Å². The third kappa shape index (κ3) is 2.82. The molecule has 0 radical (unpaired) electrons. The van der Waals surface area contributed by atoms with E-state index >= 15 is 0 Å². The first-order valence-electron chi connectivity index (χ1n) is 0.811. The molecule has 26 valence electrons. The zero-order chi connectivity index (χ0) is 3.41. The van der Waals surface area contributed by atoms with Crippen LogP contribution in [-0.4, -0.2) is 31.4 Å². The Hall–Kier alpha value is 0.816. The Morgan fingerprint density at radius 2 is 2.25 bits per heavy atom. The van der Waals surface area contributed by atoms with Crippen LogP contribution >= 0.6 is 0 Å². The molecule has 0 fully saturated rings. The molecule has 0 aliphatic heterocycles. The van der Waals surface area contributed by atoms with Crippen LogP contribution in [0.5, 0.6) is 0 Å². The van der Waals surface area contributed by atoms with Crippen molar-refractivity contribution in [3.63, 3.8) is 0 Å². The van der Waals surface area contributed by atoms with Crippen LogP contribution in [-0.2, 0) is 2.77 Å². The van der Waals surface area contributed by atoms with Gasteiger partial charge in [0.05, 0.1) is 0 Å². The van der Waals surface area contributed by atoms with Gasteiger partial charge >= 0.3 is 37.8 Å². The van der Waals surface area contributed by atoms with Crippen LogP contribution < -0.4 is 3.63 Å². The van der Waals surface area contributed by atoms with Gasteiger partial charge < -0.3 is 0 Å². The third-order valence-corrected chi connectivity index (χ3v) is 0.844. The Balaban J connectivity index is 1.97. The number of hydrogen-bond acceptors (Lipinski definition) is 2. The molecule has 0 atom stereocenters. The molecular formula is CH5NOPo. The van der Waals surface area contributed by atoms with Crippen molar-refractivity contribution in [2.45, 2.75) is 0 Å². The topological polar surface area (TPSA) is 35.2 Å². The molecule has 0 saturated carbocycles. The summed E-state index contributed by atoms with van der Waals surface area (Å²) in [5, 5.41) is 0. The van der Waals surface area contributed by atoms with Gasteiger partial charge in [0, 0.05) is 0 Å². The monoisotopic (exact) mass is 256 g/mol. The summed E-state index contributed by atoms with van der Waals surface area (Å²) in [6.07, 6.45) is 0. The maximum absolute atomic E-state index is 4.97. The van der Waals surface area contributed by atoms with E-state index in [0.29, 0.717) is 0 Å². The number of nitrogens with two attached hydrogens (primary N) is 1. The van der Waals surface area contributed by atoms with E-state index in [4.69, 9.17) is 3.63 Å². The van der Waals surface area contributed by atoms with Gasteiger partial charge in [0.2, 0.25) is 0 Å². The van der Waals surface area contributed by atoms with Crippen molar-refractivity contribution < 1.29 is 2.77 Å². The van der Waals surface area contributed by atoms with Crippen molar-refractivity contribution in [1.29, 1.82) is 0 Å². The van der Waals surface area contributed by atoms with Gasteiger partial charge in [-0.25, -0.2) is 0 Å². The maximum atomic E-state index is 4.97. The summed E-state index contributed by atoms with van der Waals surface area (Å²) in [5.41, 5.74) is 0. The Labute approximate surface area is 38.1 Å². The van der Waals surface area contributed by atoms with Gasteiger partial charge in [-0.2, -0.15) is 0 Å². The van der Waals surface area contributed by atoms with Gasteiger partial charge in [0.25, 0.3) is 0 Å². The molecule has 0 heterocycles. The number of rotatable bonds is 1. The molecule has 0 unspecified atom stereocenters. The Bertz CT molecular complexity index is 10.0. The minimum atomic E-state index is -0.755. The summed E-state index contributed by atoms with van der Waals surface area (Å²) in [5.74, 6) is 0. The van der Waals surface area contributed by atoms with Crippen molar-refractivity contribution in [1.82, 2.24) is 0 Å². The minimum absolute atomic E-state index is 0.755. The molecule has 0 bridgehead atoms. The number of hydrogen-bond donors (Lipinski definition) is 1. The molecule has 0 rings (SSSR count). The first kappa shape index (κ1) is 4.82. The molecule has 4 heavy (non-hydrogen) atoms. The molecule has 0 aromatic carbocycles. The van der Waals surface area contributed by atoms with Gasteiger partial charge in [-0.1, -0.05) is 0 Å². The van der Waals surface area contributed by atoms with E-state index in [1.165, 1.54) is 0 Å². The van der Waals surface area contributed by atoms with Gasteiger partial charge in [-0.15, -0.1) is 0 Å². The summed E-state index contributed by atoms with van der Waals surface area (Å²) < 4.78 is 9.46. The van der Waals surface area contributed by atoms with E-state index in [1.54, 1.807) is 7.11 Å². The molecular weight excluding hydrogens is 251 g/mol. The molecule has 2 N–H and O–H groups in total. The average molecular weight is 256 g/mol. The Morgan fingerprint density at radius 1 is 2.00 bits per heavy atom. The molecule has 0 aliphatic carbocycles. The van der Waals surface area contributed by atoms with E-state index in [0.717, 1.165) is 0 Å². The molecule has 0 amide bonds. The van der Waals surface area contributed by atoms with Gasteiger partial charge in [0.15, 0.2) is 0 Å². The Kier molecular flexibility index (Phi) is 4.59. The first-order valence-corrected chi connectivity index (χ1v) is 3.94. The van der Waals surface area contributed by atoms with Crippen LogP contribution in [0.3, 0.4) is 0 Å². The zero-order valence-corrected chi connectivity index (χ0v) is 5.57. The second-order valence-electron chi connectivity index (χ2n) is 0.263. The van der Waals surface area contributed by atoms with Crippen LogP contribution in [0.2, 0.25) is 0 Å². The van der Waals surface area contributed by atoms with Crippen LogP contribution in [0.1, 0.15) is 0 Å². The van der Waals surface area contributed by atoms with Crippen LogP contribution in [0.15, 0.2) is 0 Å². The van der Waals surface area contributed by atoms with Crippen molar-refractivity contribution in [2.24, 2.45) is 3.63 Å². The zero-order valence-electron chi connectivity index (χ0n) is 2.39. The fourth-order valence-corrected chi connectivity index (χ4v) is 0. The van der Waals surface area contributed by atoms with E-state index in [9.17, 15) is 0 Å². The second kappa shape index (κ2) is 3.82. The standard InChI is InChI=1S/CH3O.H2N.Po/c1-2;;/h1H3;1H2;/q2*-1;+2. The predicted molar refractivity (Wildman–Crippen MR) is 17.0 cm³/mol. The fourth-order valence-electron chi connectivity index (χ4n) is 0. The fraction of sp³-hybridized carbons (Fsp3) is 1.00. The van der Waals surface area contributed by atoms with Crippen LogP contribution in [0.25, 0.3) is 0 Å². The molecule has 0 spiro atoms. The molecule has 0 aromatic rings. The predicted octanol–water partition coefficient (Wildman–Crippen LogP) is -0.874. The van der Waals surface area contributed by atoms with Crippen molar-refractivity contribution in [3.8, 4) is 0 Å². The summed E-state index contributed by atoms with van der Waals surface area (Å²) in [6, 6.07) is 0. The van der Waals surface area contributed by atoms with Crippen LogP contribution in [0, 0.1) is 0 Å². The van der Waals surface area contributed by atoms with E-state index in [-0.39, 0.29) is 0 Å². The Morgan fingerprint density at radius 3 is 2.25 bits per heavy atom. The van der Waals surface area contributed by atoms with Gasteiger partial charge in [0.1, 0.15) is 0 Å². The van der Waals surface area contributed by atoms with E-state index < -0.39 is 24.3 Å². The van der Waals surface area contributed by atoms with Crippen molar-refractivity contribution in [3.05, 3.63) is 0 Å². The van der Waals surface area contributed by atoms with Crippen molar-refractivity contribution >= 4 is 24.3 Å². The quantitative estimate of drug-likeness (QED) is 0.661.